The average molecular weight is 159 g/mol. The van der Waals surface area contributed by atoms with Crippen molar-refractivity contribution in [3.8, 4) is 0 Å². The molecule has 0 spiro atoms. The van der Waals surface area contributed by atoms with Crippen LogP contribution in [0.5, 0.6) is 0 Å². The highest BCUT2D eigenvalue weighted by molar-refractivity contribution is 4.79. The Kier molecular flexibility index (Phi) is 2.88. The Bertz CT molecular complexity index is 125. The zero-order valence-electron chi connectivity index (χ0n) is 7.68. The molecule has 66 valence electrons. The van der Waals surface area contributed by atoms with Crippen molar-refractivity contribution in [1.29, 1.82) is 0 Å². The summed E-state index contributed by atoms with van der Waals surface area (Å²) in [5.41, 5.74) is 0. The van der Waals surface area contributed by atoms with Crippen molar-refractivity contribution in [3.63, 3.8) is 0 Å². The van der Waals surface area contributed by atoms with Crippen LogP contribution in [0, 0.1) is 5.92 Å². The van der Waals surface area contributed by atoms with Crippen molar-refractivity contribution in [2.45, 2.75) is 39.4 Å². The summed E-state index contributed by atoms with van der Waals surface area (Å²) in [6.45, 7) is 7.96. The predicted octanol–water partition coefficient (Wildman–Crippen LogP) is 2.07. The largest absolute Gasteiger partial charge is 0.298 e. The van der Waals surface area contributed by atoms with Gasteiger partial charge < -0.3 is 0 Å². The number of piperidine rings is 1. The highest BCUT2D eigenvalue weighted by Gasteiger charge is 2.26. The second kappa shape index (κ2) is 3.53. The monoisotopic (exact) mass is 159 g/mol. The van der Waals surface area contributed by atoms with Gasteiger partial charge in [-0.1, -0.05) is 6.92 Å². The summed E-state index contributed by atoms with van der Waals surface area (Å²) in [6.07, 6.45) is 0.408. The number of likely N-dealkylation sites (tertiary alicyclic amines) is 1. The molecule has 0 aromatic carbocycles. The third-order valence-electron chi connectivity index (χ3n) is 2.63. The van der Waals surface area contributed by atoms with Crippen LogP contribution >= 0.6 is 0 Å². The van der Waals surface area contributed by atoms with E-state index in [2.05, 4.69) is 18.7 Å². The fourth-order valence-corrected chi connectivity index (χ4v) is 1.51. The van der Waals surface area contributed by atoms with E-state index in [1.54, 1.807) is 0 Å². The van der Waals surface area contributed by atoms with Crippen LogP contribution in [0.1, 0.15) is 27.2 Å². The van der Waals surface area contributed by atoms with Gasteiger partial charge in [0.25, 0.3) is 0 Å². The van der Waals surface area contributed by atoms with E-state index >= 15 is 0 Å². The molecule has 11 heavy (non-hydrogen) atoms. The van der Waals surface area contributed by atoms with Crippen LogP contribution in [0.3, 0.4) is 0 Å². The van der Waals surface area contributed by atoms with Gasteiger partial charge in [-0.05, 0) is 32.7 Å². The van der Waals surface area contributed by atoms with Crippen LogP contribution in [-0.2, 0) is 0 Å². The van der Waals surface area contributed by atoms with Gasteiger partial charge in [0.2, 0.25) is 0 Å². The Balaban J connectivity index is 2.40. The van der Waals surface area contributed by atoms with Gasteiger partial charge in [-0.3, -0.25) is 4.90 Å². The molecular formula is C9H18FN. The molecule has 0 N–H and O–H groups in total. The van der Waals surface area contributed by atoms with E-state index in [9.17, 15) is 4.39 Å². The smallest absolute Gasteiger partial charge is 0.115 e. The summed E-state index contributed by atoms with van der Waals surface area (Å²) in [5.74, 6) is 0.269. The van der Waals surface area contributed by atoms with E-state index < -0.39 is 6.17 Å². The highest BCUT2D eigenvalue weighted by atomic mass is 19.1. The Morgan fingerprint density at radius 3 is 2.55 bits per heavy atom. The van der Waals surface area contributed by atoms with Crippen molar-refractivity contribution in [3.05, 3.63) is 0 Å². The number of halogens is 1. The minimum Gasteiger partial charge on any atom is -0.298 e. The van der Waals surface area contributed by atoms with E-state index in [1.807, 2.05) is 6.92 Å². The minimum absolute atomic E-state index is 0.269. The zero-order valence-corrected chi connectivity index (χ0v) is 7.68. The third-order valence-corrected chi connectivity index (χ3v) is 2.63. The zero-order chi connectivity index (χ0) is 8.43. The van der Waals surface area contributed by atoms with Gasteiger partial charge in [0, 0.05) is 12.6 Å². The van der Waals surface area contributed by atoms with Crippen LogP contribution in [0.4, 0.5) is 4.39 Å². The SMILES string of the molecule is CC(C)N1CC[C@H](C)[C@H](F)C1. The van der Waals surface area contributed by atoms with Gasteiger partial charge in [-0.15, -0.1) is 0 Å². The van der Waals surface area contributed by atoms with Crippen molar-refractivity contribution < 1.29 is 4.39 Å². The van der Waals surface area contributed by atoms with Crippen LogP contribution in [0.25, 0.3) is 0 Å². The fraction of sp³-hybridized carbons (Fsp3) is 1.00. The maximum Gasteiger partial charge on any atom is 0.115 e. The molecule has 0 aromatic heterocycles. The molecule has 1 rings (SSSR count). The lowest BCUT2D eigenvalue weighted by molar-refractivity contribution is 0.0730. The molecule has 0 unspecified atom stereocenters. The highest BCUT2D eigenvalue weighted by Crippen LogP contribution is 2.20. The Hall–Kier alpha value is -0.110. The van der Waals surface area contributed by atoms with Gasteiger partial charge >= 0.3 is 0 Å². The molecule has 1 nitrogen and oxygen atoms in total. The number of nitrogens with zero attached hydrogens (tertiary/aromatic N) is 1. The van der Waals surface area contributed by atoms with Gasteiger partial charge in [-0.25, -0.2) is 4.39 Å². The molecule has 0 aliphatic carbocycles. The number of rotatable bonds is 1. The first-order chi connectivity index (χ1) is 5.11. The van der Waals surface area contributed by atoms with Crippen LogP contribution in [0.2, 0.25) is 0 Å². The summed E-state index contributed by atoms with van der Waals surface area (Å²) in [5, 5.41) is 0. The summed E-state index contributed by atoms with van der Waals surface area (Å²) in [6, 6.07) is 0.501. The summed E-state index contributed by atoms with van der Waals surface area (Å²) >= 11 is 0. The number of hydrogen-bond donors (Lipinski definition) is 0. The quantitative estimate of drug-likeness (QED) is 0.566. The van der Waals surface area contributed by atoms with Crippen LogP contribution < -0.4 is 0 Å². The third kappa shape index (κ3) is 2.16. The second-order valence-corrected chi connectivity index (χ2v) is 3.87. The van der Waals surface area contributed by atoms with Crippen molar-refractivity contribution in [2.75, 3.05) is 13.1 Å². The van der Waals surface area contributed by atoms with Crippen LogP contribution in [-0.4, -0.2) is 30.2 Å². The average Bonchev–Trinajstić information content (AvgIpc) is 1.94. The molecule has 1 fully saturated rings. The maximum absolute atomic E-state index is 13.1. The van der Waals surface area contributed by atoms with E-state index in [1.165, 1.54) is 0 Å². The Labute approximate surface area is 68.6 Å². The summed E-state index contributed by atoms with van der Waals surface area (Å²) in [4.78, 5) is 2.21. The molecule has 0 radical (unpaired) electrons. The molecule has 2 heteroatoms. The van der Waals surface area contributed by atoms with Crippen molar-refractivity contribution in [2.24, 2.45) is 5.92 Å². The van der Waals surface area contributed by atoms with Gasteiger partial charge in [0.1, 0.15) is 6.17 Å². The lowest BCUT2D eigenvalue weighted by Crippen LogP contribution is -2.44. The fourth-order valence-electron chi connectivity index (χ4n) is 1.51. The topological polar surface area (TPSA) is 3.24 Å². The summed E-state index contributed by atoms with van der Waals surface area (Å²) < 4.78 is 13.1. The van der Waals surface area contributed by atoms with Gasteiger partial charge in [0.05, 0.1) is 0 Å². The molecule has 0 amide bonds. The first-order valence-electron chi connectivity index (χ1n) is 4.49. The first-order valence-corrected chi connectivity index (χ1v) is 4.49. The molecule has 0 aromatic rings. The molecule has 1 heterocycles. The number of alkyl halides is 1. The Morgan fingerprint density at radius 1 is 1.45 bits per heavy atom. The Morgan fingerprint density at radius 2 is 2.09 bits per heavy atom. The first kappa shape index (κ1) is 8.98. The summed E-state index contributed by atoms with van der Waals surface area (Å²) in [7, 11) is 0. The molecule has 1 aliphatic heterocycles. The molecular weight excluding hydrogens is 141 g/mol. The number of hydrogen-bond acceptors (Lipinski definition) is 1. The van der Waals surface area contributed by atoms with E-state index in [-0.39, 0.29) is 5.92 Å². The molecule has 2 atom stereocenters. The predicted molar refractivity (Wildman–Crippen MR) is 45.4 cm³/mol. The second-order valence-electron chi connectivity index (χ2n) is 3.87. The van der Waals surface area contributed by atoms with Crippen molar-refractivity contribution >= 4 is 0 Å². The van der Waals surface area contributed by atoms with Crippen LogP contribution in [0.15, 0.2) is 0 Å². The normalized spacial score (nSPS) is 34.6. The van der Waals surface area contributed by atoms with E-state index in [4.69, 9.17) is 0 Å². The molecule has 1 saturated heterocycles. The molecule has 0 saturated carbocycles. The van der Waals surface area contributed by atoms with E-state index in [0.717, 1.165) is 13.0 Å². The molecule has 0 bridgehead atoms. The lowest BCUT2D eigenvalue weighted by atomic mass is 9.96. The van der Waals surface area contributed by atoms with Gasteiger partial charge in [0.15, 0.2) is 0 Å². The minimum atomic E-state index is -0.605. The van der Waals surface area contributed by atoms with Crippen molar-refractivity contribution in [1.82, 2.24) is 4.90 Å². The standard InChI is InChI=1S/C9H18FN/c1-7(2)11-5-4-8(3)9(10)6-11/h7-9H,4-6H2,1-3H3/t8-,9+/m0/s1. The maximum atomic E-state index is 13.1. The molecule has 1 aliphatic rings. The lowest BCUT2D eigenvalue weighted by Gasteiger charge is -2.35. The van der Waals surface area contributed by atoms with E-state index in [0.29, 0.717) is 12.6 Å². The van der Waals surface area contributed by atoms with Gasteiger partial charge in [-0.2, -0.15) is 0 Å².